The summed E-state index contributed by atoms with van der Waals surface area (Å²) in [6.07, 6.45) is 11.3. The number of aliphatic hydroxyl groups is 8. The van der Waals surface area contributed by atoms with Gasteiger partial charge in [0.05, 0.1) is 32.0 Å². The molecule has 0 bridgehead atoms. The Balaban J connectivity index is 1.91. The standard InChI is InChI=1S/C42H79NO13/c1-3-5-7-9-11-13-14-15-16-18-20-22-24-26-34(47)43-30(31(46)25-23-21-19-17-12-10-8-6-4-2)29-53-41-39(52)37(50)40(33(28-45)55-41)56-42-38(51)36(49)35(48)32(27-44)54-42/h23,25,30-33,35-42,44-46,48-52H,3-22,24,26-29H2,1-2H3,(H,43,47)/b25-23+/t30-,31+,32+,33+,35-,36?,37?,38?,39?,40+,41+,42-/m0/s1. The van der Waals surface area contributed by atoms with Crippen molar-refractivity contribution in [3.8, 4) is 0 Å². The Morgan fingerprint density at radius 1 is 0.625 bits per heavy atom. The number of allylic oxidation sites excluding steroid dienone is 1. The van der Waals surface area contributed by atoms with Crippen molar-refractivity contribution in [2.45, 2.75) is 229 Å². The van der Waals surface area contributed by atoms with Crippen LogP contribution in [0.25, 0.3) is 0 Å². The maximum absolute atomic E-state index is 13.0. The molecule has 0 radical (unpaired) electrons. The van der Waals surface area contributed by atoms with Crippen LogP contribution in [-0.4, -0.2) is 140 Å². The molecule has 9 N–H and O–H groups in total. The maximum Gasteiger partial charge on any atom is 0.220 e. The number of nitrogens with one attached hydrogen (secondary N) is 1. The molecule has 2 saturated heterocycles. The first-order valence-corrected chi connectivity index (χ1v) is 21.9. The Hall–Kier alpha value is -1.27. The highest BCUT2D eigenvalue weighted by Crippen LogP contribution is 2.30. The van der Waals surface area contributed by atoms with Crippen molar-refractivity contribution in [2.75, 3.05) is 19.8 Å². The zero-order valence-electron chi connectivity index (χ0n) is 34.4. The van der Waals surface area contributed by atoms with Crippen LogP contribution >= 0.6 is 0 Å². The lowest BCUT2D eigenvalue weighted by atomic mass is 9.97. The van der Waals surface area contributed by atoms with Crippen LogP contribution in [0.15, 0.2) is 12.2 Å². The first kappa shape index (κ1) is 50.9. The number of hydrogen-bond donors (Lipinski definition) is 9. The van der Waals surface area contributed by atoms with Gasteiger partial charge in [0, 0.05) is 6.42 Å². The van der Waals surface area contributed by atoms with Crippen LogP contribution in [0.5, 0.6) is 0 Å². The summed E-state index contributed by atoms with van der Waals surface area (Å²) in [7, 11) is 0. The van der Waals surface area contributed by atoms with Crippen molar-refractivity contribution in [1.29, 1.82) is 0 Å². The normalized spacial score (nSPS) is 29.5. The average Bonchev–Trinajstić information content (AvgIpc) is 3.19. The zero-order valence-corrected chi connectivity index (χ0v) is 34.4. The molecule has 330 valence electrons. The summed E-state index contributed by atoms with van der Waals surface area (Å²) in [5.41, 5.74) is 0. The number of aliphatic hydroxyl groups excluding tert-OH is 8. The second kappa shape index (κ2) is 30.7. The van der Waals surface area contributed by atoms with Crippen LogP contribution in [0.2, 0.25) is 0 Å². The van der Waals surface area contributed by atoms with Crippen molar-refractivity contribution in [3.63, 3.8) is 0 Å². The third kappa shape index (κ3) is 19.2. The predicted octanol–water partition coefficient (Wildman–Crippen LogP) is 3.65. The molecule has 1 amide bonds. The fourth-order valence-corrected chi connectivity index (χ4v) is 7.29. The molecule has 0 spiro atoms. The van der Waals surface area contributed by atoms with E-state index in [0.717, 1.165) is 38.5 Å². The minimum Gasteiger partial charge on any atom is -0.394 e. The van der Waals surface area contributed by atoms with Gasteiger partial charge in [-0.1, -0.05) is 142 Å². The molecule has 56 heavy (non-hydrogen) atoms. The zero-order chi connectivity index (χ0) is 41.1. The molecule has 0 aromatic carbocycles. The van der Waals surface area contributed by atoms with Gasteiger partial charge in [-0.15, -0.1) is 0 Å². The molecular weight excluding hydrogens is 726 g/mol. The van der Waals surface area contributed by atoms with Gasteiger partial charge >= 0.3 is 0 Å². The molecular formula is C42H79NO13. The molecule has 2 fully saturated rings. The lowest BCUT2D eigenvalue weighted by molar-refractivity contribution is -0.359. The summed E-state index contributed by atoms with van der Waals surface area (Å²) in [6.45, 7) is 2.72. The van der Waals surface area contributed by atoms with E-state index in [-0.39, 0.29) is 18.9 Å². The van der Waals surface area contributed by atoms with Gasteiger partial charge in [0.25, 0.3) is 0 Å². The summed E-state index contributed by atoms with van der Waals surface area (Å²) in [4.78, 5) is 13.0. The molecule has 0 aromatic heterocycles. The molecule has 2 aliphatic rings. The Labute approximate surface area is 336 Å². The van der Waals surface area contributed by atoms with E-state index in [0.29, 0.717) is 6.42 Å². The van der Waals surface area contributed by atoms with Crippen LogP contribution in [0.1, 0.15) is 155 Å². The summed E-state index contributed by atoms with van der Waals surface area (Å²) in [5.74, 6) is -0.243. The molecule has 2 rings (SSSR count). The quantitative estimate of drug-likeness (QED) is 0.0350. The average molecular weight is 806 g/mol. The monoisotopic (exact) mass is 806 g/mol. The van der Waals surface area contributed by atoms with Crippen molar-refractivity contribution >= 4 is 5.91 Å². The minimum atomic E-state index is -1.78. The molecule has 2 heterocycles. The van der Waals surface area contributed by atoms with Gasteiger partial charge in [0.15, 0.2) is 12.6 Å². The lowest BCUT2D eigenvalue weighted by Crippen LogP contribution is -2.65. The topological polar surface area (TPSA) is 228 Å². The van der Waals surface area contributed by atoms with E-state index in [1.165, 1.54) is 89.9 Å². The number of unbranched alkanes of at least 4 members (excludes halogenated alkanes) is 19. The second-order valence-electron chi connectivity index (χ2n) is 15.8. The smallest absolute Gasteiger partial charge is 0.220 e. The largest absolute Gasteiger partial charge is 0.394 e. The van der Waals surface area contributed by atoms with Gasteiger partial charge in [-0.2, -0.15) is 0 Å². The van der Waals surface area contributed by atoms with Gasteiger partial charge in [0.1, 0.15) is 48.8 Å². The van der Waals surface area contributed by atoms with Crippen molar-refractivity contribution in [1.82, 2.24) is 5.32 Å². The van der Waals surface area contributed by atoms with Gasteiger partial charge < -0.3 is 65.1 Å². The van der Waals surface area contributed by atoms with Gasteiger partial charge in [-0.25, -0.2) is 0 Å². The van der Waals surface area contributed by atoms with E-state index in [4.69, 9.17) is 18.9 Å². The Bertz CT molecular complexity index is 1000. The van der Waals surface area contributed by atoms with Crippen LogP contribution in [0.4, 0.5) is 0 Å². The molecule has 4 unspecified atom stereocenters. The van der Waals surface area contributed by atoms with E-state index >= 15 is 0 Å². The van der Waals surface area contributed by atoms with E-state index in [9.17, 15) is 45.6 Å². The maximum atomic E-state index is 13.0. The Morgan fingerprint density at radius 3 is 1.64 bits per heavy atom. The number of amides is 1. The third-order valence-electron chi connectivity index (χ3n) is 11.0. The fourth-order valence-electron chi connectivity index (χ4n) is 7.29. The van der Waals surface area contributed by atoms with Crippen molar-refractivity contribution in [3.05, 3.63) is 12.2 Å². The number of carbonyl (C=O) groups excluding carboxylic acids is 1. The van der Waals surface area contributed by atoms with Crippen LogP contribution in [0, 0.1) is 0 Å². The van der Waals surface area contributed by atoms with Crippen LogP contribution in [-0.2, 0) is 23.7 Å². The van der Waals surface area contributed by atoms with Crippen molar-refractivity contribution < 1.29 is 64.6 Å². The summed E-state index contributed by atoms with van der Waals surface area (Å²) in [5, 5.41) is 86.2. The highest BCUT2D eigenvalue weighted by Gasteiger charge is 2.50. The summed E-state index contributed by atoms with van der Waals surface area (Å²) < 4.78 is 22.6. The third-order valence-corrected chi connectivity index (χ3v) is 11.0. The first-order chi connectivity index (χ1) is 27.1. The van der Waals surface area contributed by atoms with Crippen LogP contribution < -0.4 is 5.32 Å². The summed E-state index contributed by atoms with van der Waals surface area (Å²) in [6, 6.07) is -0.904. The Morgan fingerprint density at radius 2 is 1.11 bits per heavy atom. The predicted molar refractivity (Wildman–Crippen MR) is 212 cm³/mol. The van der Waals surface area contributed by atoms with Gasteiger partial charge in [-0.05, 0) is 19.3 Å². The first-order valence-electron chi connectivity index (χ1n) is 21.9. The minimum absolute atomic E-state index is 0.243. The molecule has 0 saturated carbocycles. The Kier molecular flexibility index (Phi) is 27.9. The SMILES string of the molecule is CCCCCCCCC/C=C/[C@@H](O)[C@H](CO[C@@H]1O[C@H](CO)[C@@H](O[C@@H]2O[C@H](CO)[C@H](O)C(O)C2O)C(O)C1O)NC(=O)CCCCCCCCCCCCCCC. The van der Waals surface area contributed by atoms with Crippen LogP contribution in [0.3, 0.4) is 0 Å². The highest BCUT2D eigenvalue weighted by atomic mass is 16.7. The molecule has 14 heteroatoms. The highest BCUT2D eigenvalue weighted by molar-refractivity contribution is 5.76. The van der Waals surface area contributed by atoms with E-state index in [1.807, 2.05) is 6.08 Å². The van der Waals surface area contributed by atoms with Gasteiger partial charge in [0.2, 0.25) is 5.91 Å². The number of ether oxygens (including phenoxy) is 4. The van der Waals surface area contributed by atoms with Gasteiger partial charge in [-0.3, -0.25) is 4.79 Å². The molecule has 14 nitrogen and oxygen atoms in total. The lowest BCUT2D eigenvalue weighted by Gasteiger charge is -2.46. The van der Waals surface area contributed by atoms with Crippen molar-refractivity contribution in [2.24, 2.45) is 0 Å². The molecule has 12 atom stereocenters. The summed E-state index contributed by atoms with van der Waals surface area (Å²) >= 11 is 0. The molecule has 0 aromatic rings. The van der Waals surface area contributed by atoms with E-state index < -0.39 is 86.8 Å². The number of rotatable bonds is 32. The molecule has 2 aliphatic heterocycles. The number of carbonyl (C=O) groups is 1. The molecule has 0 aliphatic carbocycles. The number of hydrogen-bond acceptors (Lipinski definition) is 13. The second-order valence-corrected chi connectivity index (χ2v) is 15.8. The fraction of sp³-hybridized carbons (Fsp3) is 0.929. The van der Waals surface area contributed by atoms with E-state index in [1.54, 1.807) is 6.08 Å². The van der Waals surface area contributed by atoms with E-state index in [2.05, 4.69) is 19.2 Å².